The highest BCUT2D eigenvalue weighted by atomic mass is 19.2. The minimum atomic E-state index is -1.52. The van der Waals surface area contributed by atoms with Gasteiger partial charge in [-0.3, -0.25) is 4.79 Å². The minimum absolute atomic E-state index is 0.0192. The third-order valence-corrected chi connectivity index (χ3v) is 5.46. The predicted octanol–water partition coefficient (Wildman–Crippen LogP) is 4.65. The van der Waals surface area contributed by atoms with Crippen LogP contribution in [-0.2, 0) is 0 Å². The second kappa shape index (κ2) is 7.24. The van der Waals surface area contributed by atoms with Gasteiger partial charge in [0.2, 0.25) is 0 Å². The maximum Gasteiger partial charge on any atom is 0.251 e. The van der Waals surface area contributed by atoms with E-state index in [0.717, 1.165) is 6.07 Å². The highest BCUT2D eigenvalue weighted by Crippen LogP contribution is 2.45. The number of carbonyl (C=O) groups excluding carboxylic acids is 1. The van der Waals surface area contributed by atoms with Gasteiger partial charge < -0.3 is 16.0 Å². The molecule has 3 atom stereocenters. The van der Waals surface area contributed by atoms with Crippen molar-refractivity contribution in [1.82, 2.24) is 5.32 Å². The lowest BCUT2D eigenvalue weighted by Gasteiger charge is -2.34. The van der Waals surface area contributed by atoms with Gasteiger partial charge in [0.05, 0.1) is 5.69 Å². The normalized spacial score (nSPS) is 22.5. The van der Waals surface area contributed by atoms with Gasteiger partial charge in [-0.1, -0.05) is 6.07 Å². The number of nitrogens with one attached hydrogen (secondary N) is 3. The Morgan fingerprint density at radius 2 is 1.97 bits per heavy atom. The molecule has 2 aliphatic rings. The first-order valence-electron chi connectivity index (χ1n) is 9.53. The molecule has 0 bridgehead atoms. The highest BCUT2D eigenvalue weighted by Gasteiger charge is 2.39. The Hall–Kier alpha value is -2.77. The van der Waals surface area contributed by atoms with E-state index in [4.69, 9.17) is 0 Å². The van der Waals surface area contributed by atoms with Crippen molar-refractivity contribution in [3.05, 3.63) is 58.4 Å². The zero-order valence-electron chi connectivity index (χ0n) is 16.0. The molecule has 2 aliphatic heterocycles. The van der Waals surface area contributed by atoms with Crippen LogP contribution in [0.15, 0.2) is 24.3 Å². The van der Waals surface area contributed by atoms with Gasteiger partial charge in [-0.05, 0) is 37.6 Å². The predicted molar refractivity (Wildman–Crippen MR) is 102 cm³/mol. The lowest BCUT2D eigenvalue weighted by molar-refractivity contribution is 0.0939. The number of anilines is 2. The first kappa shape index (κ1) is 19.5. The largest absolute Gasteiger partial charge is 0.382 e. The smallest absolute Gasteiger partial charge is 0.251 e. The van der Waals surface area contributed by atoms with Crippen molar-refractivity contribution in [1.29, 1.82) is 0 Å². The van der Waals surface area contributed by atoms with E-state index in [1.807, 2.05) is 13.8 Å². The summed E-state index contributed by atoms with van der Waals surface area (Å²) in [5.41, 5.74) is 1.22. The first-order valence-corrected chi connectivity index (χ1v) is 9.53. The Bertz CT molecular complexity index is 979. The Morgan fingerprint density at radius 3 is 2.69 bits per heavy atom. The van der Waals surface area contributed by atoms with E-state index in [1.165, 1.54) is 0 Å². The van der Waals surface area contributed by atoms with Crippen LogP contribution < -0.4 is 16.0 Å². The molecule has 2 aromatic rings. The second-order valence-electron chi connectivity index (χ2n) is 7.79. The fourth-order valence-corrected chi connectivity index (χ4v) is 4.20. The van der Waals surface area contributed by atoms with Crippen molar-refractivity contribution in [3.8, 4) is 0 Å². The zero-order chi connectivity index (χ0) is 20.9. The summed E-state index contributed by atoms with van der Waals surface area (Å²) in [6.45, 7) is 3.86. The molecule has 2 heterocycles. The van der Waals surface area contributed by atoms with Gasteiger partial charge in [-0.2, -0.15) is 0 Å². The van der Waals surface area contributed by atoms with Crippen LogP contribution in [0.4, 0.5) is 28.9 Å². The van der Waals surface area contributed by atoms with Crippen LogP contribution in [0.1, 0.15) is 53.8 Å². The Balaban J connectivity index is 1.66. The van der Waals surface area contributed by atoms with Crippen LogP contribution in [0.25, 0.3) is 0 Å². The summed E-state index contributed by atoms with van der Waals surface area (Å²) in [5.74, 6) is -4.86. The molecule has 29 heavy (non-hydrogen) atoms. The Kier molecular flexibility index (Phi) is 4.88. The molecular formula is C21H21F4N3O. The standard InChI is InChI=1S/C21H21F4N3O/c1-9(2)27-21(29)10-4-3-5-15-17(10)13(22)7-16(28-15)12-8-26-20-11(12)6-14(23)18(24)19(20)25/h3-6,9,12-13,16,26,28H,7-8H2,1-2H3,(H,27,29). The highest BCUT2D eigenvalue weighted by molar-refractivity contribution is 5.97. The van der Waals surface area contributed by atoms with Crippen LogP contribution in [0, 0.1) is 17.5 Å². The zero-order valence-corrected chi connectivity index (χ0v) is 16.0. The van der Waals surface area contributed by atoms with Crippen molar-refractivity contribution < 1.29 is 22.4 Å². The average molecular weight is 407 g/mol. The average Bonchev–Trinajstić information content (AvgIpc) is 3.08. The van der Waals surface area contributed by atoms with Crippen molar-refractivity contribution in [2.45, 2.75) is 44.4 Å². The van der Waals surface area contributed by atoms with Crippen molar-refractivity contribution in [2.75, 3.05) is 17.2 Å². The van der Waals surface area contributed by atoms with E-state index in [-0.39, 0.29) is 47.3 Å². The van der Waals surface area contributed by atoms with Crippen LogP contribution >= 0.6 is 0 Å². The minimum Gasteiger partial charge on any atom is -0.382 e. The number of fused-ring (bicyclic) bond motifs is 2. The molecule has 4 rings (SSSR count). The van der Waals surface area contributed by atoms with Gasteiger partial charge in [0.25, 0.3) is 5.91 Å². The molecule has 4 nitrogen and oxygen atoms in total. The van der Waals surface area contributed by atoms with Gasteiger partial charge in [-0.25, -0.2) is 17.6 Å². The molecule has 0 spiro atoms. The molecule has 2 aromatic carbocycles. The van der Waals surface area contributed by atoms with E-state index in [2.05, 4.69) is 16.0 Å². The summed E-state index contributed by atoms with van der Waals surface area (Å²) < 4.78 is 56.5. The third kappa shape index (κ3) is 3.30. The monoisotopic (exact) mass is 407 g/mol. The molecule has 154 valence electrons. The fraction of sp³-hybridized carbons (Fsp3) is 0.381. The number of alkyl halides is 1. The molecule has 0 aliphatic carbocycles. The SMILES string of the molecule is CC(C)NC(=O)c1cccc2c1C(F)CC(C1CNc3c1cc(F)c(F)c3F)N2. The maximum absolute atomic E-state index is 15.2. The number of amides is 1. The number of hydrogen-bond acceptors (Lipinski definition) is 3. The Labute approximate surface area is 165 Å². The molecule has 0 radical (unpaired) electrons. The molecule has 1 amide bonds. The number of carbonyl (C=O) groups is 1. The van der Waals surface area contributed by atoms with Crippen molar-refractivity contribution in [3.63, 3.8) is 0 Å². The number of halogens is 4. The summed E-state index contributed by atoms with van der Waals surface area (Å²) in [5, 5.41) is 8.74. The first-order chi connectivity index (χ1) is 13.8. The lowest BCUT2D eigenvalue weighted by atomic mass is 9.83. The summed E-state index contributed by atoms with van der Waals surface area (Å²) in [4.78, 5) is 12.4. The number of hydrogen-bond donors (Lipinski definition) is 3. The molecular weight excluding hydrogens is 386 g/mol. The van der Waals surface area contributed by atoms with Crippen LogP contribution in [0.5, 0.6) is 0 Å². The Morgan fingerprint density at radius 1 is 1.21 bits per heavy atom. The number of benzene rings is 2. The molecule has 0 saturated heterocycles. The van der Waals surface area contributed by atoms with E-state index >= 15 is 4.39 Å². The molecule has 3 N–H and O–H groups in total. The van der Waals surface area contributed by atoms with Crippen LogP contribution in [-0.4, -0.2) is 24.5 Å². The maximum atomic E-state index is 15.2. The molecule has 0 fully saturated rings. The summed E-state index contributed by atoms with van der Waals surface area (Å²) in [7, 11) is 0. The topological polar surface area (TPSA) is 53.2 Å². The molecule has 3 unspecified atom stereocenters. The quantitative estimate of drug-likeness (QED) is 0.513. The van der Waals surface area contributed by atoms with Gasteiger partial charge in [-0.15, -0.1) is 0 Å². The molecule has 8 heteroatoms. The second-order valence-corrected chi connectivity index (χ2v) is 7.79. The fourth-order valence-electron chi connectivity index (χ4n) is 4.20. The van der Waals surface area contributed by atoms with Gasteiger partial charge in [0.1, 0.15) is 6.17 Å². The van der Waals surface area contributed by atoms with E-state index in [1.54, 1.807) is 18.2 Å². The van der Waals surface area contributed by atoms with E-state index < -0.39 is 35.6 Å². The number of rotatable bonds is 3. The van der Waals surface area contributed by atoms with Crippen molar-refractivity contribution in [2.24, 2.45) is 0 Å². The van der Waals surface area contributed by atoms with Gasteiger partial charge >= 0.3 is 0 Å². The lowest BCUT2D eigenvalue weighted by Crippen LogP contribution is -2.36. The van der Waals surface area contributed by atoms with Crippen molar-refractivity contribution >= 4 is 17.3 Å². The summed E-state index contributed by atoms with van der Waals surface area (Å²) >= 11 is 0. The molecule has 0 aromatic heterocycles. The van der Waals surface area contributed by atoms with Crippen LogP contribution in [0.2, 0.25) is 0 Å². The van der Waals surface area contributed by atoms with Gasteiger partial charge in [0.15, 0.2) is 17.5 Å². The van der Waals surface area contributed by atoms with E-state index in [9.17, 15) is 18.0 Å². The summed E-state index contributed by atoms with van der Waals surface area (Å²) in [6.07, 6.45) is -1.41. The van der Waals surface area contributed by atoms with Gasteiger partial charge in [0, 0.05) is 47.8 Å². The molecule has 0 saturated carbocycles. The van der Waals surface area contributed by atoms with Crippen LogP contribution in [0.3, 0.4) is 0 Å². The summed E-state index contributed by atoms with van der Waals surface area (Å²) in [6, 6.07) is 5.31. The third-order valence-electron chi connectivity index (χ3n) is 5.46. The van der Waals surface area contributed by atoms with E-state index in [0.29, 0.717) is 5.69 Å².